The summed E-state index contributed by atoms with van der Waals surface area (Å²) >= 11 is 0. The molecular weight excluding hydrogens is 246 g/mol. The zero-order valence-corrected chi connectivity index (χ0v) is 9.69. The van der Waals surface area contributed by atoms with E-state index in [0.29, 0.717) is 17.2 Å². The van der Waals surface area contributed by atoms with E-state index in [0.717, 1.165) is 0 Å². The van der Waals surface area contributed by atoms with Crippen molar-refractivity contribution in [3.8, 4) is 28.9 Å². The van der Waals surface area contributed by atoms with Crippen LogP contribution in [0.15, 0.2) is 41.2 Å². The van der Waals surface area contributed by atoms with Crippen LogP contribution in [0.1, 0.15) is 0 Å². The molecule has 0 aliphatic carbocycles. The zero-order chi connectivity index (χ0) is 13.2. The van der Waals surface area contributed by atoms with E-state index in [1.54, 1.807) is 30.6 Å². The number of nitrogen functional groups attached to an aromatic ring is 1. The van der Waals surface area contributed by atoms with E-state index < -0.39 is 0 Å². The van der Waals surface area contributed by atoms with Gasteiger partial charge in [-0.15, -0.1) is 0 Å². The summed E-state index contributed by atoms with van der Waals surface area (Å²) in [5.41, 5.74) is 6.47. The number of rotatable bonds is 2. The maximum atomic E-state index is 9.36. The van der Waals surface area contributed by atoms with E-state index in [1.165, 1.54) is 6.07 Å². The lowest BCUT2D eigenvalue weighted by Gasteiger charge is -1.99. The highest BCUT2D eigenvalue weighted by Crippen LogP contribution is 2.27. The molecular formula is C12H9N5O2. The van der Waals surface area contributed by atoms with Gasteiger partial charge < -0.3 is 15.4 Å². The predicted molar refractivity (Wildman–Crippen MR) is 66.8 cm³/mol. The Morgan fingerprint density at radius 2 is 1.89 bits per heavy atom. The minimum absolute atomic E-state index is 0.00915. The monoisotopic (exact) mass is 255 g/mol. The minimum Gasteiger partial charge on any atom is -0.506 e. The molecule has 7 nitrogen and oxygen atoms in total. The van der Waals surface area contributed by atoms with Crippen LogP contribution in [0.2, 0.25) is 0 Å². The maximum Gasteiger partial charge on any atom is 0.258 e. The summed E-state index contributed by atoms with van der Waals surface area (Å²) in [5, 5.41) is 13.2. The summed E-state index contributed by atoms with van der Waals surface area (Å²) in [6.07, 6.45) is 3.19. The van der Waals surface area contributed by atoms with Crippen LogP contribution in [-0.2, 0) is 0 Å². The average Bonchev–Trinajstić information content (AvgIpc) is 2.93. The maximum absolute atomic E-state index is 9.36. The molecule has 0 aliphatic rings. The molecule has 7 heteroatoms. The van der Waals surface area contributed by atoms with Gasteiger partial charge in [-0.25, -0.2) is 9.97 Å². The van der Waals surface area contributed by atoms with Crippen LogP contribution < -0.4 is 5.73 Å². The van der Waals surface area contributed by atoms with Crippen molar-refractivity contribution < 1.29 is 9.63 Å². The summed E-state index contributed by atoms with van der Waals surface area (Å²) in [5.74, 6) is 0.968. The van der Waals surface area contributed by atoms with E-state index in [2.05, 4.69) is 20.1 Å². The van der Waals surface area contributed by atoms with Crippen molar-refractivity contribution in [2.24, 2.45) is 0 Å². The number of aromatic nitrogens is 4. The molecule has 0 unspecified atom stereocenters. The molecule has 0 radical (unpaired) electrons. The molecule has 2 aromatic heterocycles. The Balaban J connectivity index is 1.99. The SMILES string of the molecule is Nc1cc(-c2nc(-c3ncccn3)no2)ccc1O. The van der Waals surface area contributed by atoms with Gasteiger partial charge in [0.15, 0.2) is 0 Å². The van der Waals surface area contributed by atoms with Gasteiger partial charge in [0.1, 0.15) is 5.75 Å². The van der Waals surface area contributed by atoms with Crippen molar-refractivity contribution in [3.63, 3.8) is 0 Å². The Bertz CT molecular complexity index is 711. The van der Waals surface area contributed by atoms with Crippen molar-refractivity contribution in [3.05, 3.63) is 36.7 Å². The van der Waals surface area contributed by atoms with Crippen molar-refractivity contribution in [1.29, 1.82) is 0 Å². The minimum atomic E-state index is 0.00915. The molecule has 3 N–H and O–H groups in total. The highest BCUT2D eigenvalue weighted by atomic mass is 16.5. The number of nitrogens with zero attached hydrogens (tertiary/aromatic N) is 4. The molecule has 2 heterocycles. The van der Waals surface area contributed by atoms with E-state index in [1.807, 2.05) is 0 Å². The molecule has 0 fully saturated rings. The van der Waals surface area contributed by atoms with Gasteiger partial charge in [0.25, 0.3) is 5.89 Å². The quantitative estimate of drug-likeness (QED) is 0.527. The average molecular weight is 255 g/mol. The van der Waals surface area contributed by atoms with Crippen molar-refractivity contribution in [2.45, 2.75) is 0 Å². The lowest BCUT2D eigenvalue weighted by Crippen LogP contribution is -1.89. The largest absolute Gasteiger partial charge is 0.506 e. The molecule has 0 atom stereocenters. The highest BCUT2D eigenvalue weighted by molar-refractivity contribution is 5.65. The number of anilines is 1. The lowest BCUT2D eigenvalue weighted by molar-refractivity contribution is 0.431. The topological polar surface area (TPSA) is 111 Å². The van der Waals surface area contributed by atoms with Crippen LogP contribution in [0, 0.1) is 0 Å². The number of aromatic hydroxyl groups is 1. The van der Waals surface area contributed by atoms with E-state index in [9.17, 15) is 5.11 Å². The number of nitrogens with two attached hydrogens (primary N) is 1. The molecule has 1 aromatic carbocycles. The Kier molecular flexibility index (Phi) is 2.57. The Labute approximate surface area is 107 Å². The zero-order valence-electron chi connectivity index (χ0n) is 9.69. The predicted octanol–water partition coefficient (Wildman–Crippen LogP) is 1.48. The van der Waals surface area contributed by atoms with Crippen LogP contribution in [-0.4, -0.2) is 25.2 Å². The van der Waals surface area contributed by atoms with Gasteiger partial charge in [-0.05, 0) is 24.3 Å². The Morgan fingerprint density at radius 1 is 1.11 bits per heavy atom. The van der Waals surface area contributed by atoms with Gasteiger partial charge in [0.05, 0.1) is 5.69 Å². The van der Waals surface area contributed by atoms with E-state index in [-0.39, 0.29) is 17.3 Å². The molecule has 3 aromatic rings. The Morgan fingerprint density at radius 3 is 2.63 bits per heavy atom. The second kappa shape index (κ2) is 4.37. The molecule has 0 aliphatic heterocycles. The van der Waals surface area contributed by atoms with Gasteiger partial charge in [-0.1, -0.05) is 5.16 Å². The van der Waals surface area contributed by atoms with Gasteiger partial charge in [-0.2, -0.15) is 4.98 Å². The third-order valence-corrected chi connectivity index (χ3v) is 2.47. The van der Waals surface area contributed by atoms with Crippen molar-refractivity contribution in [1.82, 2.24) is 20.1 Å². The standard InChI is InChI=1S/C12H9N5O2/c13-8-6-7(2-3-9(8)18)12-16-11(17-19-12)10-14-4-1-5-15-10/h1-6,18H,13H2. The smallest absolute Gasteiger partial charge is 0.258 e. The Hall–Kier alpha value is -2.96. The van der Waals surface area contributed by atoms with Crippen LogP contribution >= 0.6 is 0 Å². The number of hydrogen-bond acceptors (Lipinski definition) is 7. The van der Waals surface area contributed by atoms with Gasteiger partial charge in [0.2, 0.25) is 11.6 Å². The molecule has 0 spiro atoms. The molecule has 19 heavy (non-hydrogen) atoms. The lowest BCUT2D eigenvalue weighted by atomic mass is 10.2. The van der Waals surface area contributed by atoms with Gasteiger partial charge >= 0.3 is 0 Å². The van der Waals surface area contributed by atoms with Crippen LogP contribution in [0.4, 0.5) is 5.69 Å². The number of hydrogen-bond donors (Lipinski definition) is 2. The first-order valence-corrected chi connectivity index (χ1v) is 5.44. The highest BCUT2D eigenvalue weighted by Gasteiger charge is 2.13. The van der Waals surface area contributed by atoms with Crippen molar-refractivity contribution in [2.75, 3.05) is 5.73 Å². The van der Waals surface area contributed by atoms with E-state index >= 15 is 0 Å². The number of phenols is 1. The van der Waals surface area contributed by atoms with Crippen LogP contribution in [0.5, 0.6) is 5.75 Å². The third-order valence-electron chi connectivity index (χ3n) is 2.47. The molecule has 94 valence electrons. The first kappa shape index (κ1) is 11.1. The second-order valence-corrected chi connectivity index (χ2v) is 3.77. The van der Waals surface area contributed by atoms with E-state index in [4.69, 9.17) is 10.3 Å². The van der Waals surface area contributed by atoms with Crippen LogP contribution in [0.25, 0.3) is 23.1 Å². The fraction of sp³-hybridized carbons (Fsp3) is 0. The first-order valence-electron chi connectivity index (χ1n) is 5.44. The molecule has 0 amide bonds. The number of benzene rings is 1. The second-order valence-electron chi connectivity index (χ2n) is 3.77. The van der Waals surface area contributed by atoms with Gasteiger partial charge in [-0.3, -0.25) is 0 Å². The molecule has 0 saturated carbocycles. The fourth-order valence-corrected chi connectivity index (χ4v) is 1.53. The van der Waals surface area contributed by atoms with Crippen molar-refractivity contribution >= 4 is 5.69 Å². The fourth-order valence-electron chi connectivity index (χ4n) is 1.53. The number of phenolic OH excluding ortho intramolecular Hbond substituents is 1. The molecule has 0 saturated heterocycles. The third kappa shape index (κ3) is 2.08. The molecule has 0 bridgehead atoms. The summed E-state index contributed by atoms with van der Waals surface area (Å²) in [6, 6.07) is 6.35. The normalized spacial score (nSPS) is 10.5. The summed E-state index contributed by atoms with van der Waals surface area (Å²) in [7, 11) is 0. The summed E-state index contributed by atoms with van der Waals surface area (Å²) in [6.45, 7) is 0. The summed E-state index contributed by atoms with van der Waals surface area (Å²) in [4.78, 5) is 12.2. The van der Waals surface area contributed by atoms with Gasteiger partial charge in [0, 0.05) is 18.0 Å². The first-order chi connectivity index (χ1) is 9.24. The summed E-state index contributed by atoms with van der Waals surface area (Å²) < 4.78 is 5.12. The van der Waals surface area contributed by atoms with Crippen LogP contribution in [0.3, 0.4) is 0 Å². The molecule has 3 rings (SSSR count).